The predicted molar refractivity (Wildman–Crippen MR) is 109 cm³/mol. The van der Waals surface area contributed by atoms with Gasteiger partial charge in [0.15, 0.2) is 0 Å². The molecule has 0 radical (unpaired) electrons. The molecule has 0 spiro atoms. The van der Waals surface area contributed by atoms with Crippen molar-refractivity contribution in [2.24, 2.45) is 0 Å². The first-order valence-electron chi connectivity index (χ1n) is 9.22. The Morgan fingerprint density at radius 1 is 1.32 bits per heavy atom. The van der Waals surface area contributed by atoms with Crippen LogP contribution in [0.4, 0.5) is 5.82 Å². The summed E-state index contributed by atoms with van der Waals surface area (Å²) in [5, 5.41) is 10.7. The summed E-state index contributed by atoms with van der Waals surface area (Å²) < 4.78 is 7.10. The fourth-order valence-corrected chi connectivity index (χ4v) is 4.62. The molecule has 2 amide bonds. The molecule has 4 rings (SSSR count). The van der Waals surface area contributed by atoms with E-state index >= 15 is 0 Å². The summed E-state index contributed by atoms with van der Waals surface area (Å²) >= 11 is 7.87. The van der Waals surface area contributed by atoms with Gasteiger partial charge in [-0.05, 0) is 25.0 Å². The Kier molecular flexibility index (Phi) is 5.89. The molecule has 9 heteroatoms. The number of thioether (sulfide) groups is 1. The van der Waals surface area contributed by atoms with Crippen molar-refractivity contribution in [3.05, 3.63) is 46.1 Å². The molecule has 1 fully saturated rings. The van der Waals surface area contributed by atoms with E-state index in [2.05, 4.69) is 15.7 Å². The number of fused-ring (bicyclic) bond motifs is 1. The second kappa shape index (κ2) is 8.55. The van der Waals surface area contributed by atoms with Gasteiger partial charge in [0.25, 0.3) is 5.91 Å². The summed E-state index contributed by atoms with van der Waals surface area (Å²) in [6.45, 7) is 1.29. The van der Waals surface area contributed by atoms with Crippen LogP contribution >= 0.6 is 23.4 Å². The second-order valence-electron chi connectivity index (χ2n) is 6.80. The molecule has 148 valence electrons. The van der Waals surface area contributed by atoms with E-state index < -0.39 is 0 Å². The highest BCUT2D eigenvalue weighted by Crippen LogP contribution is 2.35. The third kappa shape index (κ3) is 4.19. The SMILES string of the molecule is O=C(Cn1nc2c(c1NC(=O)c1ccccc1Cl)CSC2)NC[C@H]1CCCO1. The minimum absolute atomic E-state index is 0.0442. The summed E-state index contributed by atoms with van der Waals surface area (Å²) in [4.78, 5) is 25.1. The number of hydrogen-bond donors (Lipinski definition) is 2. The van der Waals surface area contributed by atoms with Gasteiger partial charge in [-0.3, -0.25) is 9.59 Å². The smallest absolute Gasteiger partial charge is 0.258 e. The molecule has 28 heavy (non-hydrogen) atoms. The molecular formula is C19H21ClN4O3S. The zero-order valence-electron chi connectivity index (χ0n) is 15.2. The summed E-state index contributed by atoms with van der Waals surface area (Å²) in [6.07, 6.45) is 2.08. The van der Waals surface area contributed by atoms with Gasteiger partial charge in [-0.25, -0.2) is 4.68 Å². The number of halogens is 1. The number of rotatable bonds is 6. The standard InChI is InChI=1S/C19H21ClN4O3S/c20-15-6-2-1-5-13(15)19(26)22-18-14-10-28-11-16(14)23-24(18)9-17(25)21-8-12-4-3-7-27-12/h1-2,5-6,12H,3-4,7-11H2,(H,21,25)(H,22,26)/t12-/m1/s1. The number of nitrogens with one attached hydrogen (secondary N) is 2. The highest BCUT2D eigenvalue weighted by molar-refractivity contribution is 7.98. The van der Waals surface area contributed by atoms with E-state index in [1.165, 1.54) is 0 Å². The number of amides is 2. The Bertz CT molecular complexity index is 895. The van der Waals surface area contributed by atoms with Gasteiger partial charge in [0, 0.05) is 30.2 Å². The predicted octanol–water partition coefficient (Wildman–Crippen LogP) is 2.83. The molecule has 2 N–H and O–H groups in total. The number of carbonyl (C=O) groups excluding carboxylic acids is 2. The van der Waals surface area contributed by atoms with Crippen LogP contribution in [0.2, 0.25) is 5.02 Å². The summed E-state index contributed by atoms with van der Waals surface area (Å²) in [6, 6.07) is 6.88. The average molecular weight is 421 g/mol. The number of benzene rings is 1. The molecule has 0 saturated carbocycles. The van der Waals surface area contributed by atoms with Crippen LogP contribution < -0.4 is 10.6 Å². The molecule has 2 aliphatic heterocycles. The Hall–Kier alpha value is -2.03. The maximum Gasteiger partial charge on any atom is 0.258 e. The van der Waals surface area contributed by atoms with Crippen LogP contribution in [0.1, 0.15) is 34.5 Å². The molecule has 7 nitrogen and oxygen atoms in total. The molecule has 1 saturated heterocycles. The molecule has 3 heterocycles. The largest absolute Gasteiger partial charge is 0.376 e. The molecule has 1 aromatic heterocycles. The van der Waals surface area contributed by atoms with Gasteiger partial charge >= 0.3 is 0 Å². The molecular weight excluding hydrogens is 400 g/mol. The van der Waals surface area contributed by atoms with Crippen molar-refractivity contribution in [1.29, 1.82) is 0 Å². The number of ether oxygens (including phenoxy) is 1. The Morgan fingerprint density at radius 2 is 2.18 bits per heavy atom. The number of carbonyl (C=O) groups is 2. The monoisotopic (exact) mass is 420 g/mol. The van der Waals surface area contributed by atoms with Gasteiger partial charge in [-0.1, -0.05) is 23.7 Å². The fourth-order valence-electron chi connectivity index (χ4n) is 3.37. The lowest BCUT2D eigenvalue weighted by Gasteiger charge is -2.13. The van der Waals surface area contributed by atoms with Crippen molar-refractivity contribution in [1.82, 2.24) is 15.1 Å². The summed E-state index contributed by atoms with van der Waals surface area (Å²) in [7, 11) is 0. The van der Waals surface area contributed by atoms with Gasteiger partial charge in [0.2, 0.25) is 5.91 Å². The van der Waals surface area contributed by atoms with E-state index in [1.807, 2.05) is 0 Å². The lowest BCUT2D eigenvalue weighted by atomic mass is 10.2. The van der Waals surface area contributed by atoms with E-state index in [0.717, 1.165) is 42.2 Å². The topological polar surface area (TPSA) is 85.2 Å². The molecule has 2 aromatic rings. The van der Waals surface area contributed by atoms with Gasteiger partial charge in [0.1, 0.15) is 12.4 Å². The molecule has 0 aliphatic carbocycles. The van der Waals surface area contributed by atoms with E-state index in [9.17, 15) is 9.59 Å². The quantitative estimate of drug-likeness (QED) is 0.750. The van der Waals surface area contributed by atoms with Crippen LogP contribution in [0.5, 0.6) is 0 Å². The van der Waals surface area contributed by atoms with Crippen molar-refractivity contribution >= 4 is 41.0 Å². The van der Waals surface area contributed by atoms with Crippen LogP contribution in [0.3, 0.4) is 0 Å². The van der Waals surface area contributed by atoms with Crippen LogP contribution in [-0.4, -0.2) is 40.9 Å². The minimum atomic E-state index is -0.314. The maximum atomic E-state index is 12.7. The van der Waals surface area contributed by atoms with Gasteiger partial charge in [-0.2, -0.15) is 16.9 Å². The Labute approximate surface area is 172 Å². The molecule has 0 bridgehead atoms. The third-order valence-electron chi connectivity index (χ3n) is 4.81. The van der Waals surface area contributed by atoms with Crippen LogP contribution in [0.25, 0.3) is 0 Å². The van der Waals surface area contributed by atoms with Crippen molar-refractivity contribution in [2.45, 2.75) is 37.0 Å². The lowest BCUT2D eigenvalue weighted by Crippen LogP contribution is -2.34. The van der Waals surface area contributed by atoms with Crippen molar-refractivity contribution in [2.75, 3.05) is 18.5 Å². The van der Waals surface area contributed by atoms with Crippen LogP contribution in [0.15, 0.2) is 24.3 Å². The van der Waals surface area contributed by atoms with Crippen LogP contribution in [0, 0.1) is 0 Å². The average Bonchev–Trinajstić information content (AvgIpc) is 3.40. The molecule has 2 aliphatic rings. The first kappa shape index (κ1) is 19.3. The van der Waals surface area contributed by atoms with E-state index in [0.29, 0.717) is 22.9 Å². The number of aromatic nitrogens is 2. The van der Waals surface area contributed by atoms with Gasteiger partial charge < -0.3 is 15.4 Å². The van der Waals surface area contributed by atoms with E-state index in [4.69, 9.17) is 16.3 Å². The van der Waals surface area contributed by atoms with Crippen molar-refractivity contribution < 1.29 is 14.3 Å². The second-order valence-corrected chi connectivity index (χ2v) is 8.19. The third-order valence-corrected chi connectivity index (χ3v) is 6.11. The Morgan fingerprint density at radius 3 is 2.96 bits per heavy atom. The highest BCUT2D eigenvalue weighted by Gasteiger charge is 2.26. The fraction of sp³-hybridized carbons (Fsp3) is 0.421. The summed E-state index contributed by atoms with van der Waals surface area (Å²) in [5.41, 5.74) is 2.27. The normalized spacial score (nSPS) is 18.1. The number of anilines is 1. The highest BCUT2D eigenvalue weighted by atomic mass is 35.5. The lowest BCUT2D eigenvalue weighted by molar-refractivity contribution is -0.122. The summed E-state index contributed by atoms with van der Waals surface area (Å²) in [5.74, 6) is 1.63. The maximum absolute atomic E-state index is 12.7. The van der Waals surface area contributed by atoms with E-state index in [1.54, 1.807) is 40.7 Å². The minimum Gasteiger partial charge on any atom is -0.376 e. The molecule has 0 unspecified atom stereocenters. The zero-order chi connectivity index (χ0) is 19.5. The molecule has 1 atom stereocenters. The molecule has 1 aromatic carbocycles. The zero-order valence-corrected chi connectivity index (χ0v) is 16.8. The van der Waals surface area contributed by atoms with Crippen LogP contribution in [-0.2, 0) is 27.6 Å². The number of nitrogens with zero attached hydrogens (tertiary/aromatic N) is 2. The van der Waals surface area contributed by atoms with Crippen molar-refractivity contribution in [3.8, 4) is 0 Å². The first-order chi connectivity index (χ1) is 13.6. The van der Waals surface area contributed by atoms with Gasteiger partial charge in [-0.15, -0.1) is 0 Å². The van der Waals surface area contributed by atoms with Crippen molar-refractivity contribution in [3.63, 3.8) is 0 Å². The first-order valence-corrected chi connectivity index (χ1v) is 10.8. The Balaban J connectivity index is 1.48. The van der Waals surface area contributed by atoms with Gasteiger partial charge in [0.05, 0.1) is 22.4 Å². The number of hydrogen-bond acceptors (Lipinski definition) is 5. The van der Waals surface area contributed by atoms with E-state index in [-0.39, 0.29) is 24.5 Å².